The molecule has 0 atom stereocenters. The maximum Gasteiger partial charge on any atom is 0.224 e. The van der Waals surface area contributed by atoms with Crippen molar-refractivity contribution in [3.63, 3.8) is 0 Å². The van der Waals surface area contributed by atoms with E-state index in [1.165, 1.54) is 0 Å². The number of piperazine rings is 1. The summed E-state index contributed by atoms with van der Waals surface area (Å²) in [6.45, 7) is 5.99. The van der Waals surface area contributed by atoms with E-state index in [9.17, 15) is 4.79 Å². The third kappa shape index (κ3) is 4.78. The Hall–Kier alpha value is -1.10. The van der Waals surface area contributed by atoms with Crippen LogP contribution in [0.4, 0.5) is 0 Å². The Morgan fingerprint density at radius 1 is 1.25 bits per heavy atom. The largest absolute Gasteiger partial charge is 0.355 e. The predicted molar refractivity (Wildman–Crippen MR) is 82.1 cm³/mol. The quantitative estimate of drug-likeness (QED) is 0.888. The lowest BCUT2D eigenvalue weighted by atomic mass is 10.1. The van der Waals surface area contributed by atoms with Crippen molar-refractivity contribution < 1.29 is 4.79 Å². The first-order valence-corrected chi connectivity index (χ1v) is 7.44. The van der Waals surface area contributed by atoms with Crippen molar-refractivity contribution in [3.8, 4) is 0 Å². The molecule has 0 aliphatic carbocycles. The normalized spacial score (nSPS) is 17.1. The summed E-state index contributed by atoms with van der Waals surface area (Å²) in [5.41, 5.74) is 0.881. The van der Waals surface area contributed by atoms with Crippen LogP contribution in [-0.2, 0) is 11.2 Å². The first kappa shape index (κ1) is 15.3. The van der Waals surface area contributed by atoms with Gasteiger partial charge in [0, 0.05) is 44.3 Å². The molecule has 1 saturated heterocycles. The fourth-order valence-electron chi connectivity index (χ4n) is 2.30. The van der Waals surface area contributed by atoms with Crippen molar-refractivity contribution >= 4 is 17.5 Å². The fraction of sp³-hybridized carbons (Fsp3) is 0.533. The number of benzene rings is 1. The van der Waals surface area contributed by atoms with Gasteiger partial charge in [-0.2, -0.15) is 0 Å². The van der Waals surface area contributed by atoms with Crippen molar-refractivity contribution in [2.45, 2.75) is 6.42 Å². The highest BCUT2D eigenvalue weighted by atomic mass is 35.5. The topological polar surface area (TPSA) is 35.6 Å². The second-order valence-electron chi connectivity index (χ2n) is 5.26. The lowest BCUT2D eigenvalue weighted by Gasteiger charge is -2.32. The minimum absolute atomic E-state index is 0.0345. The Labute approximate surface area is 125 Å². The van der Waals surface area contributed by atoms with Gasteiger partial charge in [-0.05, 0) is 18.7 Å². The number of nitrogens with one attached hydrogen (secondary N) is 1. The second-order valence-corrected chi connectivity index (χ2v) is 5.67. The van der Waals surface area contributed by atoms with Crippen LogP contribution in [0.3, 0.4) is 0 Å². The van der Waals surface area contributed by atoms with Gasteiger partial charge in [0.15, 0.2) is 0 Å². The molecule has 0 aromatic heterocycles. The van der Waals surface area contributed by atoms with Crippen LogP contribution >= 0.6 is 11.6 Å². The van der Waals surface area contributed by atoms with Crippen LogP contribution in [0, 0.1) is 0 Å². The van der Waals surface area contributed by atoms with Crippen molar-refractivity contribution in [1.29, 1.82) is 0 Å². The SMILES string of the molecule is CN1CCN(CCNC(=O)Cc2ccccc2Cl)CC1. The molecule has 5 heteroatoms. The Bertz CT molecular complexity index is 444. The van der Waals surface area contributed by atoms with Gasteiger partial charge in [-0.1, -0.05) is 29.8 Å². The molecule has 0 spiro atoms. The minimum Gasteiger partial charge on any atom is -0.355 e. The van der Waals surface area contributed by atoms with Gasteiger partial charge < -0.3 is 10.2 Å². The van der Waals surface area contributed by atoms with Crippen LogP contribution in [0.1, 0.15) is 5.56 Å². The first-order chi connectivity index (χ1) is 9.65. The summed E-state index contributed by atoms with van der Waals surface area (Å²) in [5, 5.41) is 3.62. The average Bonchev–Trinajstić information content (AvgIpc) is 2.44. The molecular weight excluding hydrogens is 274 g/mol. The summed E-state index contributed by atoms with van der Waals surface area (Å²) in [7, 11) is 2.14. The highest BCUT2D eigenvalue weighted by Crippen LogP contribution is 2.15. The Kier molecular flexibility index (Phi) is 5.83. The second kappa shape index (κ2) is 7.62. The van der Waals surface area contributed by atoms with Crippen LogP contribution in [0.25, 0.3) is 0 Å². The van der Waals surface area contributed by atoms with Gasteiger partial charge in [0.1, 0.15) is 0 Å². The number of carbonyl (C=O) groups excluding carboxylic acids is 1. The third-order valence-corrected chi connectivity index (χ3v) is 4.02. The molecule has 4 nitrogen and oxygen atoms in total. The summed E-state index contributed by atoms with van der Waals surface area (Å²) in [4.78, 5) is 16.6. The molecule has 1 heterocycles. The molecule has 110 valence electrons. The lowest BCUT2D eigenvalue weighted by Crippen LogP contribution is -2.47. The molecule has 1 aliphatic heterocycles. The number of nitrogens with zero attached hydrogens (tertiary/aromatic N) is 2. The van der Waals surface area contributed by atoms with Gasteiger partial charge in [0.25, 0.3) is 0 Å². The van der Waals surface area contributed by atoms with Crippen molar-refractivity contribution in [2.75, 3.05) is 46.3 Å². The molecule has 0 radical (unpaired) electrons. The number of rotatable bonds is 5. The smallest absolute Gasteiger partial charge is 0.224 e. The van der Waals surface area contributed by atoms with E-state index in [1.54, 1.807) is 0 Å². The summed E-state index contributed by atoms with van der Waals surface area (Å²) < 4.78 is 0. The van der Waals surface area contributed by atoms with E-state index in [2.05, 4.69) is 22.2 Å². The maximum atomic E-state index is 11.9. The molecule has 1 aliphatic rings. The molecular formula is C15H22ClN3O. The minimum atomic E-state index is 0.0345. The summed E-state index contributed by atoms with van der Waals surface area (Å²) >= 11 is 6.04. The number of likely N-dealkylation sites (N-methyl/N-ethyl adjacent to an activating group) is 1. The number of hydrogen-bond acceptors (Lipinski definition) is 3. The molecule has 0 unspecified atom stereocenters. The zero-order chi connectivity index (χ0) is 14.4. The number of halogens is 1. The standard InChI is InChI=1S/C15H22ClN3O/c1-18-8-10-19(11-9-18)7-6-17-15(20)12-13-4-2-3-5-14(13)16/h2-5H,6-12H2,1H3,(H,17,20). The van der Waals surface area contributed by atoms with E-state index < -0.39 is 0 Å². The zero-order valence-electron chi connectivity index (χ0n) is 11.9. The lowest BCUT2D eigenvalue weighted by molar-refractivity contribution is -0.120. The molecule has 1 N–H and O–H groups in total. The third-order valence-electron chi connectivity index (χ3n) is 3.65. The number of amides is 1. The van der Waals surface area contributed by atoms with Crippen LogP contribution in [0.5, 0.6) is 0 Å². The molecule has 1 amide bonds. The Morgan fingerprint density at radius 3 is 2.65 bits per heavy atom. The first-order valence-electron chi connectivity index (χ1n) is 7.06. The van der Waals surface area contributed by atoms with E-state index in [1.807, 2.05) is 24.3 Å². The molecule has 2 rings (SSSR count). The zero-order valence-corrected chi connectivity index (χ0v) is 12.7. The number of hydrogen-bond donors (Lipinski definition) is 1. The van der Waals surface area contributed by atoms with Gasteiger partial charge in [-0.3, -0.25) is 9.69 Å². The van der Waals surface area contributed by atoms with Crippen molar-refractivity contribution in [3.05, 3.63) is 34.9 Å². The van der Waals surface area contributed by atoms with E-state index in [-0.39, 0.29) is 5.91 Å². The van der Waals surface area contributed by atoms with Crippen LogP contribution in [-0.4, -0.2) is 62.0 Å². The predicted octanol–water partition coefficient (Wildman–Crippen LogP) is 1.25. The summed E-state index contributed by atoms with van der Waals surface area (Å²) in [6, 6.07) is 7.48. The van der Waals surface area contributed by atoms with E-state index >= 15 is 0 Å². The fourth-order valence-corrected chi connectivity index (χ4v) is 2.50. The van der Waals surface area contributed by atoms with Gasteiger partial charge in [-0.25, -0.2) is 0 Å². The van der Waals surface area contributed by atoms with Crippen LogP contribution in [0.2, 0.25) is 5.02 Å². The van der Waals surface area contributed by atoms with E-state index in [4.69, 9.17) is 11.6 Å². The molecule has 0 bridgehead atoms. The average molecular weight is 296 g/mol. The van der Waals surface area contributed by atoms with Gasteiger partial charge in [0.2, 0.25) is 5.91 Å². The van der Waals surface area contributed by atoms with Crippen molar-refractivity contribution in [2.24, 2.45) is 0 Å². The maximum absolute atomic E-state index is 11.9. The highest BCUT2D eigenvalue weighted by molar-refractivity contribution is 6.31. The van der Waals surface area contributed by atoms with Crippen LogP contribution < -0.4 is 5.32 Å². The molecule has 20 heavy (non-hydrogen) atoms. The van der Waals surface area contributed by atoms with Crippen LogP contribution in [0.15, 0.2) is 24.3 Å². The number of carbonyl (C=O) groups is 1. The van der Waals surface area contributed by atoms with E-state index in [0.717, 1.165) is 38.3 Å². The van der Waals surface area contributed by atoms with E-state index in [0.29, 0.717) is 18.0 Å². The summed E-state index contributed by atoms with van der Waals surface area (Å²) in [5.74, 6) is 0.0345. The van der Waals surface area contributed by atoms with Gasteiger partial charge >= 0.3 is 0 Å². The molecule has 1 fully saturated rings. The Morgan fingerprint density at radius 2 is 1.95 bits per heavy atom. The molecule has 1 aromatic carbocycles. The molecule has 0 saturated carbocycles. The van der Waals surface area contributed by atoms with Gasteiger partial charge in [0.05, 0.1) is 6.42 Å². The molecule has 1 aromatic rings. The van der Waals surface area contributed by atoms with Crippen molar-refractivity contribution in [1.82, 2.24) is 15.1 Å². The summed E-state index contributed by atoms with van der Waals surface area (Å²) in [6.07, 6.45) is 0.350. The Balaban J connectivity index is 1.67. The highest BCUT2D eigenvalue weighted by Gasteiger charge is 2.13. The van der Waals surface area contributed by atoms with Gasteiger partial charge in [-0.15, -0.1) is 0 Å². The monoisotopic (exact) mass is 295 g/mol.